The quantitative estimate of drug-likeness (QED) is 0.146. The number of carbonyl (C=O) groups is 2. The average Bonchev–Trinajstić information content (AvgIpc) is 2.67. The molecule has 11 heteroatoms. The number of oxime groups is 2. The number of amidine groups is 2. The number of carboxylic acids is 2. The van der Waals surface area contributed by atoms with E-state index in [1.54, 1.807) is 24.3 Å². The largest absolute Gasteiger partial charge is 2.00 e. The van der Waals surface area contributed by atoms with Crippen molar-refractivity contribution >= 4 is 23.6 Å². The second-order valence-corrected chi connectivity index (χ2v) is 4.69. The summed E-state index contributed by atoms with van der Waals surface area (Å²) in [6.07, 6.45) is 0. The van der Waals surface area contributed by atoms with Gasteiger partial charge in [-0.1, -0.05) is 71.0 Å². The van der Waals surface area contributed by atoms with Crippen LogP contribution < -0.4 is 21.7 Å². The van der Waals surface area contributed by atoms with Crippen molar-refractivity contribution in [3.05, 3.63) is 71.8 Å². The number of nitrogens with two attached hydrogens (primary N) is 2. The van der Waals surface area contributed by atoms with Crippen LogP contribution in [0.25, 0.3) is 0 Å². The molecule has 6 N–H and O–H groups in total. The summed E-state index contributed by atoms with van der Waals surface area (Å²) in [5.41, 5.74) is 12.0. The number of aliphatic carboxylic acids is 2. The molecule has 0 amide bonds. The van der Waals surface area contributed by atoms with Gasteiger partial charge in [-0.05, 0) is 13.8 Å². The first-order valence-corrected chi connectivity index (χ1v) is 7.56. The third-order valence-corrected chi connectivity index (χ3v) is 2.35. The van der Waals surface area contributed by atoms with Crippen LogP contribution in [0.4, 0.5) is 0 Å². The van der Waals surface area contributed by atoms with Crippen LogP contribution in [0.1, 0.15) is 25.0 Å². The summed E-state index contributed by atoms with van der Waals surface area (Å²) in [7, 11) is 0. The van der Waals surface area contributed by atoms with Crippen LogP contribution in [0.3, 0.4) is 0 Å². The molecule has 0 radical (unpaired) electrons. The van der Waals surface area contributed by atoms with Gasteiger partial charge in [0.25, 0.3) is 0 Å². The summed E-state index contributed by atoms with van der Waals surface area (Å²) >= 11 is 0. The molecule has 0 unspecified atom stereocenters. The zero-order valence-electron chi connectivity index (χ0n) is 16.1. The summed E-state index contributed by atoms with van der Waals surface area (Å²) in [6.45, 7) is 1.94. The summed E-state index contributed by atoms with van der Waals surface area (Å²) in [5.74, 6) is -1.89. The van der Waals surface area contributed by atoms with Crippen LogP contribution in [0.15, 0.2) is 71.0 Å². The van der Waals surface area contributed by atoms with Gasteiger partial charge in [0.2, 0.25) is 0 Å². The Labute approximate surface area is 180 Å². The van der Waals surface area contributed by atoms with Gasteiger partial charge in [0, 0.05) is 23.1 Å². The van der Waals surface area contributed by atoms with E-state index in [0.717, 1.165) is 25.0 Å². The Morgan fingerprint density at radius 2 is 0.931 bits per heavy atom. The van der Waals surface area contributed by atoms with E-state index in [0.29, 0.717) is 0 Å². The first-order chi connectivity index (χ1) is 13.1. The van der Waals surface area contributed by atoms with Gasteiger partial charge in [-0.2, -0.15) is 0 Å². The zero-order valence-corrected chi connectivity index (χ0v) is 19.0. The predicted molar refractivity (Wildman–Crippen MR) is 99.3 cm³/mol. The molecule has 0 aromatic heterocycles. The molecule has 0 aliphatic rings. The Morgan fingerprint density at radius 1 is 0.724 bits per heavy atom. The molecule has 0 aliphatic carbocycles. The van der Waals surface area contributed by atoms with Gasteiger partial charge < -0.3 is 41.7 Å². The number of carboxylic acid groups (broad SMARTS) is 2. The van der Waals surface area contributed by atoms with E-state index >= 15 is 0 Å². The fraction of sp³-hybridized carbons (Fsp3) is 0.111. The average molecular weight is 456 g/mol. The minimum atomic E-state index is -1.08. The Morgan fingerprint density at radius 3 is 1.10 bits per heavy atom. The molecule has 0 saturated heterocycles. The predicted octanol–water partition coefficient (Wildman–Crippen LogP) is -0.928. The number of nitrogens with zero attached hydrogens (tertiary/aromatic N) is 2. The molecule has 29 heavy (non-hydrogen) atoms. The van der Waals surface area contributed by atoms with Crippen molar-refractivity contribution in [2.45, 2.75) is 13.8 Å². The van der Waals surface area contributed by atoms with Crippen molar-refractivity contribution in [2.24, 2.45) is 21.8 Å². The van der Waals surface area contributed by atoms with Crippen LogP contribution in [0.5, 0.6) is 0 Å². The summed E-state index contributed by atoms with van der Waals surface area (Å²) in [4.78, 5) is 17.8. The second kappa shape index (κ2) is 19.3. The number of hydrogen-bond donors (Lipinski definition) is 4. The topological polar surface area (TPSA) is 197 Å². The van der Waals surface area contributed by atoms with Crippen LogP contribution in [0, 0.1) is 0 Å². The standard InChI is InChI=1S/2C7H8N2O.2C2H4O2.Zn/c2*8-7(9-10)6-4-2-1-3-5-6;2*1-2(3)4;/h2*1-5,10H,(H2,8,9);2*1H3,(H,3,4);/q;;;;+2/p-2. The number of carbonyl (C=O) groups excluding carboxylic acids is 2. The molecular formula is C18H22N4O6Zn. The molecule has 2 aromatic rings. The van der Waals surface area contributed by atoms with E-state index < -0.39 is 11.9 Å². The molecule has 0 fully saturated rings. The van der Waals surface area contributed by atoms with E-state index in [1.807, 2.05) is 36.4 Å². The Kier molecular flexibility index (Phi) is 20.2. The molecule has 0 aliphatic heterocycles. The van der Waals surface area contributed by atoms with Gasteiger partial charge in [0.1, 0.15) is 0 Å². The van der Waals surface area contributed by atoms with Crippen molar-refractivity contribution in [1.29, 1.82) is 0 Å². The molecule has 0 spiro atoms. The zero-order chi connectivity index (χ0) is 21.9. The van der Waals surface area contributed by atoms with E-state index in [-0.39, 0.29) is 31.1 Å². The SMILES string of the molecule is CC(=O)[O-].CC(=O)[O-].N/C(=N\O)c1ccccc1.N/C(=N\O)c1ccccc1.[Zn+2]. The molecule has 10 nitrogen and oxygen atoms in total. The van der Waals surface area contributed by atoms with Gasteiger partial charge in [0.15, 0.2) is 11.7 Å². The normalized spacial score (nSPS) is 9.59. The van der Waals surface area contributed by atoms with Crippen LogP contribution >= 0.6 is 0 Å². The van der Waals surface area contributed by atoms with E-state index in [1.165, 1.54) is 0 Å². The molecule has 2 rings (SSSR count). The van der Waals surface area contributed by atoms with Crippen molar-refractivity contribution in [3.63, 3.8) is 0 Å². The maximum Gasteiger partial charge on any atom is 2.00 e. The summed E-state index contributed by atoms with van der Waals surface area (Å²) in [5, 5.41) is 40.0. The monoisotopic (exact) mass is 454 g/mol. The molecular weight excluding hydrogens is 434 g/mol. The van der Waals surface area contributed by atoms with Crippen molar-refractivity contribution < 1.29 is 49.7 Å². The van der Waals surface area contributed by atoms with Crippen LogP contribution in [0.2, 0.25) is 0 Å². The first-order valence-electron chi connectivity index (χ1n) is 7.56. The van der Waals surface area contributed by atoms with Gasteiger partial charge >= 0.3 is 19.5 Å². The summed E-state index contributed by atoms with van der Waals surface area (Å²) in [6, 6.07) is 18.1. The van der Waals surface area contributed by atoms with Crippen LogP contribution in [-0.4, -0.2) is 34.0 Å². The van der Waals surface area contributed by atoms with Crippen molar-refractivity contribution in [2.75, 3.05) is 0 Å². The van der Waals surface area contributed by atoms with E-state index in [4.69, 9.17) is 41.7 Å². The van der Waals surface area contributed by atoms with Gasteiger partial charge in [-0.15, -0.1) is 0 Å². The molecule has 0 heterocycles. The smallest absolute Gasteiger partial charge is 0.550 e. The number of hydrogen-bond acceptors (Lipinski definition) is 8. The maximum absolute atomic E-state index is 8.89. The minimum Gasteiger partial charge on any atom is -0.550 e. The molecule has 0 atom stereocenters. The first kappa shape index (κ1) is 30.3. The van der Waals surface area contributed by atoms with Crippen LogP contribution in [-0.2, 0) is 29.1 Å². The van der Waals surface area contributed by atoms with Gasteiger partial charge in [-0.25, -0.2) is 0 Å². The fourth-order valence-corrected chi connectivity index (χ4v) is 1.33. The molecule has 2 aromatic carbocycles. The summed E-state index contributed by atoms with van der Waals surface area (Å²) < 4.78 is 0. The maximum atomic E-state index is 8.89. The Bertz CT molecular complexity index is 682. The molecule has 0 bridgehead atoms. The molecule has 152 valence electrons. The minimum absolute atomic E-state index is 0. The Balaban J connectivity index is -0.000000336. The Hall–Kier alpha value is -3.46. The third kappa shape index (κ3) is 20.7. The van der Waals surface area contributed by atoms with Crippen molar-refractivity contribution in [3.8, 4) is 0 Å². The van der Waals surface area contributed by atoms with Crippen molar-refractivity contribution in [1.82, 2.24) is 0 Å². The fourth-order valence-electron chi connectivity index (χ4n) is 1.33. The third-order valence-electron chi connectivity index (χ3n) is 2.35. The number of rotatable bonds is 2. The van der Waals surface area contributed by atoms with Gasteiger partial charge in [0.05, 0.1) is 0 Å². The number of benzene rings is 2. The van der Waals surface area contributed by atoms with E-state index in [2.05, 4.69) is 10.3 Å². The molecule has 0 saturated carbocycles. The second-order valence-electron chi connectivity index (χ2n) is 4.69. The van der Waals surface area contributed by atoms with Gasteiger partial charge in [-0.3, -0.25) is 0 Å². The van der Waals surface area contributed by atoms with E-state index in [9.17, 15) is 0 Å².